The highest BCUT2D eigenvalue weighted by molar-refractivity contribution is 6.29. The first kappa shape index (κ1) is 20.1. The van der Waals surface area contributed by atoms with E-state index in [1.807, 2.05) is 36.4 Å². The Hall–Kier alpha value is -5.92. The Morgan fingerprint density at radius 2 is 1.02 bits per heavy atom. The summed E-state index contributed by atoms with van der Waals surface area (Å²) in [6.45, 7) is 0. The molecular weight excluding hydrogens is 544 g/mol. The number of para-hydroxylation sites is 1. The van der Waals surface area contributed by atoms with Gasteiger partial charge in [-0.2, -0.15) is 0 Å². The summed E-state index contributed by atoms with van der Waals surface area (Å²) >= 11 is 0. The first-order valence-corrected chi connectivity index (χ1v) is 15.1. The van der Waals surface area contributed by atoms with Crippen LogP contribution in [0.1, 0.15) is 6.85 Å². The number of hydrogen-bond acceptors (Lipinski definition) is 1. The quantitative estimate of drug-likeness (QED) is 0.191. The highest BCUT2D eigenvalue weighted by Gasteiger charge is 2.20. The van der Waals surface area contributed by atoms with Crippen LogP contribution in [0.2, 0.25) is 0 Å². The SMILES string of the molecule is [2H]c1c([2H])c([2H])c(-c2ccc(-c3ccc4ccc5c(-c6ccc7ccccc7c6)ccc6ccc3c4c65)c3c2oc2ccccc23)c([2H])c1[2H]. The first-order valence-electron chi connectivity index (χ1n) is 17.6. The lowest BCUT2D eigenvalue weighted by atomic mass is 9.86. The smallest absolute Gasteiger partial charge is 0.143 e. The van der Waals surface area contributed by atoms with Crippen LogP contribution in [-0.4, -0.2) is 0 Å². The van der Waals surface area contributed by atoms with Crippen molar-refractivity contribution < 1.29 is 11.3 Å². The van der Waals surface area contributed by atoms with Crippen molar-refractivity contribution in [1.29, 1.82) is 0 Å². The summed E-state index contributed by atoms with van der Waals surface area (Å²) in [6, 6.07) is 42.7. The molecule has 0 aliphatic heterocycles. The lowest BCUT2D eigenvalue weighted by Crippen LogP contribution is -1.90. The molecule has 0 aliphatic carbocycles. The number of rotatable bonds is 3. The summed E-state index contributed by atoms with van der Waals surface area (Å²) in [5.41, 5.74) is 6.11. The number of benzene rings is 9. The molecule has 0 saturated carbocycles. The van der Waals surface area contributed by atoms with Crippen LogP contribution in [0.5, 0.6) is 0 Å². The van der Waals surface area contributed by atoms with Gasteiger partial charge in [-0.25, -0.2) is 0 Å². The van der Waals surface area contributed by atoms with Crippen molar-refractivity contribution in [3.63, 3.8) is 0 Å². The van der Waals surface area contributed by atoms with Crippen molar-refractivity contribution in [2.45, 2.75) is 0 Å². The average Bonchev–Trinajstić information content (AvgIpc) is 3.55. The van der Waals surface area contributed by atoms with E-state index in [2.05, 4.69) is 91.0 Å². The molecule has 1 heterocycles. The van der Waals surface area contributed by atoms with Gasteiger partial charge < -0.3 is 4.42 Å². The maximum Gasteiger partial charge on any atom is 0.143 e. The van der Waals surface area contributed by atoms with E-state index in [1.165, 1.54) is 43.4 Å². The van der Waals surface area contributed by atoms with E-state index in [0.717, 1.165) is 32.7 Å². The van der Waals surface area contributed by atoms with Gasteiger partial charge in [0.25, 0.3) is 0 Å². The van der Waals surface area contributed by atoms with E-state index in [0.29, 0.717) is 16.7 Å². The summed E-state index contributed by atoms with van der Waals surface area (Å²) in [4.78, 5) is 0. The minimum atomic E-state index is -0.418. The van der Waals surface area contributed by atoms with Crippen molar-refractivity contribution in [1.82, 2.24) is 0 Å². The minimum Gasteiger partial charge on any atom is -0.455 e. The van der Waals surface area contributed by atoms with Crippen molar-refractivity contribution in [2.75, 3.05) is 0 Å². The molecule has 45 heavy (non-hydrogen) atoms. The van der Waals surface area contributed by atoms with Crippen molar-refractivity contribution in [3.05, 3.63) is 158 Å². The molecule has 0 aliphatic rings. The van der Waals surface area contributed by atoms with Crippen LogP contribution in [-0.2, 0) is 0 Å². The van der Waals surface area contributed by atoms with Crippen LogP contribution in [0.4, 0.5) is 0 Å². The van der Waals surface area contributed by atoms with Crippen LogP contribution >= 0.6 is 0 Å². The van der Waals surface area contributed by atoms with Crippen LogP contribution in [0.25, 0.3) is 98.4 Å². The van der Waals surface area contributed by atoms with Crippen molar-refractivity contribution >= 4 is 65.0 Å². The zero-order chi connectivity index (χ0) is 33.8. The molecule has 0 atom stereocenters. The fourth-order valence-electron chi connectivity index (χ4n) is 7.28. The van der Waals surface area contributed by atoms with Gasteiger partial charge in [-0.3, -0.25) is 0 Å². The Kier molecular flexibility index (Phi) is 4.15. The Labute approximate surface area is 266 Å². The number of furan rings is 1. The molecule has 10 aromatic rings. The zero-order valence-electron chi connectivity index (χ0n) is 29.0. The lowest BCUT2D eigenvalue weighted by Gasteiger charge is -2.17. The maximum atomic E-state index is 8.73. The van der Waals surface area contributed by atoms with E-state index in [9.17, 15) is 0 Å². The summed E-state index contributed by atoms with van der Waals surface area (Å²) in [5, 5.41) is 11.2. The predicted octanol–water partition coefficient (Wildman–Crippen LogP) is 12.6. The fourth-order valence-corrected chi connectivity index (χ4v) is 7.28. The van der Waals surface area contributed by atoms with Crippen LogP contribution < -0.4 is 0 Å². The zero-order valence-corrected chi connectivity index (χ0v) is 24.0. The molecule has 0 unspecified atom stereocenters. The minimum absolute atomic E-state index is 0.128. The van der Waals surface area contributed by atoms with Gasteiger partial charge in [0.15, 0.2) is 0 Å². The second kappa shape index (κ2) is 9.29. The molecule has 9 aromatic carbocycles. The fraction of sp³-hybridized carbons (Fsp3) is 0. The number of hydrogen-bond donors (Lipinski definition) is 0. The Morgan fingerprint density at radius 3 is 1.84 bits per heavy atom. The molecule has 0 spiro atoms. The average molecular weight is 576 g/mol. The van der Waals surface area contributed by atoms with Gasteiger partial charge in [-0.15, -0.1) is 0 Å². The molecule has 0 radical (unpaired) electrons. The monoisotopic (exact) mass is 575 g/mol. The van der Waals surface area contributed by atoms with Gasteiger partial charge in [-0.1, -0.05) is 139 Å². The van der Waals surface area contributed by atoms with E-state index < -0.39 is 6.04 Å². The molecule has 1 aromatic heterocycles. The van der Waals surface area contributed by atoms with Gasteiger partial charge in [0.05, 0.1) is 6.85 Å². The third-order valence-corrected chi connectivity index (χ3v) is 9.31. The topological polar surface area (TPSA) is 13.1 Å². The molecular formula is C44H26O. The van der Waals surface area contributed by atoms with Crippen LogP contribution in [0, 0.1) is 0 Å². The molecule has 0 fully saturated rings. The van der Waals surface area contributed by atoms with Crippen LogP contribution in [0.15, 0.2) is 162 Å². The molecule has 0 bridgehead atoms. The van der Waals surface area contributed by atoms with Crippen LogP contribution in [0.3, 0.4) is 0 Å². The van der Waals surface area contributed by atoms with E-state index >= 15 is 0 Å². The molecule has 208 valence electrons. The molecule has 10 rings (SSSR count). The largest absolute Gasteiger partial charge is 0.455 e. The summed E-state index contributed by atoms with van der Waals surface area (Å²) in [7, 11) is 0. The second-order valence-corrected chi connectivity index (χ2v) is 11.7. The van der Waals surface area contributed by atoms with Gasteiger partial charge >= 0.3 is 0 Å². The molecule has 0 saturated heterocycles. The van der Waals surface area contributed by atoms with E-state index in [1.54, 1.807) is 0 Å². The Morgan fingerprint density at radius 1 is 0.400 bits per heavy atom. The van der Waals surface area contributed by atoms with Gasteiger partial charge in [0.2, 0.25) is 0 Å². The molecule has 0 amide bonds. The highest BCUT2D eigenvalue weighted by atomic mass is 16.3. The predicted molar refractivity (Wildman–Crippen MR) is 191 cm³/mol. The summed E-state index contributed by atoms with van der Waals surface area (Å²) in [5.74, 6) is 0. The molecule has 1 heteroatoms. The first-order chi connectivity index (χ1) is 24.4. The van der Waals surface area contributed by atoms with Gasteiger partial charge in [0, 0.05) is 16.3 Å². The lowest BCUT2D eigenvalue weighted by molar-refractivity contribution is 0.670. The second-order valence-electron chi connectivity index (χ2n) is 11.7. The highest BCUT2D eigenvalue weighted by Crippen LogP contribution is 2.46. The Bertz CT molecular complexity index is 3020. The Balaban J connectivity index is 1.27. The van der Waals surface area contributed by atoms with Gasteiger partial charge in [-0.05, 0) is 89.1 Å². The summed E-state index contributed by atoms with van der Waals surface area (Å²) < 4.78 is 48.8. The van der Waals surface area contributed by atoms with Gasteiger partial charge in [0.1, 0.15) is 11.2 Å². The van der Waals surface area contributed by atoms with Crippen molar-refractivity contribution in [2.24, 2.45) is 0 Å². The third-order valence-electron chi connectivity index (χ3n) is 9.31. The maximum absolute atomic E-state index is 8.73. The van der Waals surface area contributed by atoms with Crippen molar-refractivity contribution in [3.8, 4) is 33.4 Å². The van der Waals surface area contributed by atoms with E-state index in [-0.39, 0.29) is 29.7 Å². The summed E-state index contributed by atoms with van der Waals surface area (Å²) in [6.07, 6.45) is 0. The third kappa shape index (κ3) is 3.56. The molecule has 1 nitrogen and oxygen atoms in total. The molecule has 0 N–H and O–H groups in total. The normalized spacial score (nSPS) is 13.6. The number of fused-ring (bicyclic) bond motifs is 4. The van der Waals surface area contributed by atoms with E-state index in [4.69, 9.17) is 11.3 Å². The standard InChI is InChI=1S/C44H26O/c1-2-9-28(10-3-1)34-24-25-38(43-39-12-6-7-13-40(39)45-44(34)43)35-21-17-30-18-22-36-33(20-16-29-19-23-37(35)42(30)41(29)36)32-15-14-27-8-4-5-11-31(27)26-32/h1-26H/i1D,2D,3D,9D,10D.